The van der Waals surface area contributed by atoms with Crippen molar-refractivity contribution in [1.29, 1.82) is 0 Å². The summed E-state index contributed by atoms with van der Waals surface area (Å²) in [6, 6.07) is 12.3. The first-order chi connectivity index (χ1) is 13.0. The third kappa shape index (κ3) is 4.08. The van der Waals surface area contributed by atoms with Gasteiger partial charge in [0.1, 0.15) is 6.04 Å². The summed E-state index contributed by atoms with van der Waals surface area (Å²) in [7, 11) is 0. The van der Waals surface area contributed by atoms with Crippen molar-refractivity contribution in [1.82, 2.24) is 20.4 Å². The maximum atomic E-state index is 12.3. The molecule has 1 unspecified atom stereocenters. The van der Waals surface area contributed by atoms with Crippen LogP contribution in [0.1, 0.15) is 34.4 Å². The Bertz CT molecular complexity index is 930. The van der Waals surface area contributed by atoms with Crippen molar-refractivity contribution in [3.8, 4) is 5.69 Å². The van der Waals surface area contributed by atoms with E-state index < -0.39 is 11.9 Å². The minimum absolute atomic E-state index is 0.172. The zero-order chi connectivity index (χ0) is 19.4. The fourth-order valence-corrected chi connectivity index (χ4v) is 2.82. The number of carbonyl (C=O) groups is 2. The van der Waals surface area contributed by atoms with Crippen molar-refractivity contribution in [2.45, 2.75) is 33.4 Å². The van der Waals surface area contributed by atoms with Gasteiger partial charge in [0.2, 0.25) is 5.91 Å². The molecule has 0 fully saturated rings. The lowest BCUT2D eigenvalue weighted by Gasteiger charge is -2.13. The zero-order valence-corrected chi connectivity index (χ0v) is 15.5. The number of amides is 2. The van der Waals surface area contributed by atoms with Gasteiger partial charge in [-0.3, -0.25) is 9.59 Å². The molecule has 2 heterocycles. The van der Waals surface area contributed by atoms with E-state index in [1.54, 1.807) is 19.1 Å². The molecule has 2 aromatic heterocycles. The highest BCUT2D eigenvalue weighted by molar-refractivity contribution is 5.95. The largest absolute Gasteiger partial charge is 0.459 e. The Morgan fingerprint density at radius 1 is 1.15 bits per heavy atom. The van der Waals surface area contributed by atoms with Crippen LogP contribution in [-0.4, -0.2) is 27.6 Å². The van der Waals surface area contributed by atoms with Crippen LogP contribution in [0.5, 0.6) is 0 Å². The minimum atomic E-state index is -0.688. The molecule has 0 aliphatic heterocycles. The van der Waals surface area contributed by atoms with Gasteiger partial charge in [-0.15, -0.1) is 0 Å². The molecule has 0 saturated heterocycles. The minimum Gasteiger partial charge on any atom is -0.459 e. The van der Waals surface area contributed by atoms with Gasteiger partial charge < -0.3 is 15.1 Å². The van der Waals surface area contributed by atoms with Gasteiger partial charge in [0.25, 0.3) is 5.91 Å². The van der Waals surface area contributed by atoms with Crippen LogP contribution >= 0.6 is 0 Å². The molecule has 0 bridgehead atoms. The molecule has 0 aliphatic carbocycles. The van der Waals surface area contributed by atoms with E-state index in [1.165, 1.54) is 6.26 Å². The number of nitrogens with zero attached hydrogens (tertiary/aromatic N) is 2. The van der Waals surface area contributed by atoms with E-state index in [9.17, 15) is 9.59 Å². The molecule has 7 heteroatoms. The first kappa shape index (κ1) is 18.4. The van der Waals surface area contributed by atoms with Gasteiger partial charge in [-0.1, -0.05) is 18.2 Å². The predicted octanol–water partition coefficient (Wildman–Crippen LogP) is 2.52. The van der Waals surface area contributed by atoms with Crippen molar-refractivity contribution in [3.63, 3.8) is 0 Å². The Hall–Kier alpha value is -3.35. The number of para-hydroxylation sites is 1. The van der Waals surface area contributed by atoms with Crippen LogP contribution < -0.4 is 10.6 Å². The summed E-state index contributed by atoms with van der Waals surface area (Å²) in [5.74, 6) is -0.529. The maximum absolute atomic E-state index is 12.3. The second-order valence-corrected chi connectivity index (χ2v) is 6.29. The molecule has 3 rings (SSSR count). The average Bonchev–Trinajstić information content (AvgIpc) is 3.29. The summed E-state index contributed by atoms with van der Waals surface area (Å²) in [6.45, 7) is 5.85. The van der Waals surface area contributed by atoms with Crippen molar-refractivity contribution < 1.29 is 14.0 Å². The van der Waals surface area contributed by atoms with Gasteiger partial charge in [-0.2, -0.15) is 5.10 Å². The highest BCUT2D eigenvalue weighted by Crippen LogP contribution is 2.17. The third-order valence-corrected chi connectivity index (χ3v) is 4.37. The highest BCUT2D eigenvalue weighted by Gasteiger charge is 2.19. The number of carbonyl (C=O) groups excluding carboxylic acids is 2. The Morgan fingerprint density at radius 3 is 2.56 bits per heavy atom. The topological polar surface area (TPSA) is 89.2 Å². The lowest BCUT2D eigenvalue weighted by atomic mass is 10.2. The number of nitrogens with one attached hydrogen (secondary N) is 2. The van der Waals surface area contributed by atoms with E-state index in [2.05, 4.69) is 15.7 Å². The normalized spacial score (nSPS) is 11.8. The molecule has 7 nitrogen and oxygen atoms in total. The number of aromatic nitrogens is 2. The van der Waals surface area contributed by atoms with Crippen LogP contribution in [0.3, 0.4) is 0 Å². The molecule has 1 aromatic carbocycles. The summed E-state index contributed by atoms with van der Waals surface area (Å²) in [6.07, 6.45) is 1.41. The van der Waals surface area contributed by atoms with E-state index in [0.717, 1.165) is 22.6 Å². The molecule has 2 N–H and O–H groups in total. The van der Waals surface area contributed by atoms with Gasteiger partial charge in [-0.25, -0.2) is 4.68 Å². The van der Waals surface area contributed by atoms with E-state index in [-0.39, 0.29) is 11.7 Å². The first-order valence-electron chi connectivity index (χ1n) is 8.70. The standard InChI is InChI=1S/C20H22N4O3/c1-13-17(15(3)24(23-13)16-8-5-4-6-9-16)12-21-19(25)14(2)22-20(26)18-10-7-11-27-18/h4-11,14H,12H2,1-3H3,(H,21,25)(H,22,26). The quantitative estimate of drug-likeness (QED) is 0.701. The summed E-state index contributed by atoms with van der Waals surface area (Å²) < 4.78 is 6.89. The van der Waals surface area contributed by atoms with Gasteiger partial charge in [-0.05, 0) is 45.0 Å². The Kier molecular flexibility index (Phi) is 5.40. The molecule has 2 amide bonds. The first-order valence-corrected chi connectivity index (χ1v) is 8.70. The summed E-state index contributed by atoms with van der Waals surface area (Å²) in [5.41, 5.74) is 3.74. The molecule has 3 aromatic rings. The molecule has 140 valence electrons. The molecule has 0 saturated carbocycles. The van der Waals surface area contributed by atoms with Gasteiger partial charge in [0, 0.05) is 17.8 Å². The lowest BCUT2D eigenvalue weighted by Crippen LogP contribution is -2.44. The Labute approximate surface area is 157 Å². The van der Waals surface area contributed by atoms with Crippen LogP contribution in [-0.2, 0) is 11.3 Å². The predicted molar refractivity (Wildman–Crippen MR) is 101 cm³/mol. The van der Waals surface area contributed by atoms with Crippen molar-refractivity contribution >= 4 is 11.8 Å². The van der Waals surface area contributed by atoms with Crippen LogP contribution in [0.15, 0.2) is 53.1 Å². The number of benzene rings is 1. The second kappa shape index (κ2) is 7.90. The summed E-state index contributed by atoms with van der Waals surface area (Å²) in [5, 5.41) is 10.0. The van der Waals surface area contributed by atoms with Crippen molar-refractivity contribution in [3.05, 3.63) is 71.4 Å². The Morgan fingerprint density at radius 2 is 1.89 bits per heavy atom. The molecule has 27 heavy (non-hydrogen) atoms. The van der Waals surface area contributed by atoms with E-state index in [1.807, 2.05) is 48.9 Å². The molecule has 0 radical (unpaired) electrons. The molecular formula is C20H22N4O3. The highest BCUT2D eigenvalue weighted by atomic mass is 16.3. The smallest absolute Gasteiger partial charge is 0.287 e. The fraction of sp³-hybridized carbons (Fsp3) is 0.250. The monoisotopic (exact) mass is 366 g/mol. The molecule has 0 spiro atoms. The summed E-state index contributed by atoms with van der Waals surface area (Å²) in [4.78, 5) is 24.3. The number of hydrogen-bond acceptors (Lipinski definition) is 4. The van der Waals surface area contributed by atoms with Crippen LogP contribution in [0.25, 0.3) is 5.69 Å². The van der Waals surface area contributed by atoms with Gasteiger partial charge in [0.15, 0.2) is 5.76 Å². The van der Waals surface area contributed by atoms with Gasteiger partial charge >= 0.3 is 0 Å². The van der Waals surface area contributed by atoms with E-state index >= 15 is 0 Å². The van der Waals surface area contributed by atoms with Crippen LogP contribution in [0, 0.1) is 13.8 Å². The van der Waals surface area contributed by atoms with Crippen LogP contribution in [0.2, 0.25) is 0 Å². The molecule has 1 atom stereocenters. The Balaban J connectivity index is 1.63. The van der Waals surface area contributed by atoms with Crippen LogP contribution in [0.4, 0.5) is 0 Å². The molecule has 0 aliphatic rings. The lowest BCUT2D eigenvalue weighted by molar-refractivity contribution is -0.122. The van der Waals surface area contributed by atoms with Gasteiger partial charge in [0.05, 0.1) is 17.6 Å². The zero-order valence-electron chi connectivity index (χ0n) is 15.5. The average molecular weight is 366 g/mol. The third-order valence-electron chi connectivity index (χ3n) is 4.37. The maximum Gasteiger partial charge on any atom is 0.287 e. The number of aryl methyl sites for hydroxylation is 1. The molecular weight excluding hydrogens is 344 g/mol. The SMILES string of the molecule is Cc1nn(-c2ccccc2)c(C)c1CNC(=O)C(C)NC(=O)c1ccco1. The van der Waals surface area contributed by atoms with E-state index in [0.29, 0.717) is 6.54 Å². The summed E-state index contributed by atoms with van der Waals surface area (Å²) >= 11 is 0. The van der Waals surface area contributed by atoms with Crippen molar-refractivity contribution in [2.75, 3.05) is 0 Å². The van der Waals surface area contributed by atoms with E-state index in [4.69, 9.17) is 4.42 Å². The van der Waals surface area contributed by atoms with Crippen molar-refractivity contribution in [2.24, 2.45) is 0 Å². The number of rotatable bonds is 6. The number of furan rings is 1. The second-order valence-electron chi connectivity index (χ2n) is 6.29. The fourth-order valence-electron chi connectivity index (χ4n) is 2.82. The number of hydrogen-bond donors (Lipinski definition) is 2.